The summed E-state index contributed by atoms with van der Waals surface area (Å²) in [5.41, 5.74) is 0.424. The molecule has 2 atom stereocenters. The second kappa shape index (κ2) is 8.26. The summed E-state index contributed by atoms with van der Waals surface area (Å²) >= 11 is 0. The summed E-state index contributed by atoms with van der Waals surface area (Å²) in [4.78, 5) is 14.8. The Bertz CT molecular complexity index is 765. The van der Waals surface area contributed by atoms with Gasteiger partial charge in [0, 0.05) is 37.8 Å². The van der Waals surface area contributed by atoms with Gasteiger partial charge in [-0.3, -0.25) is 4.79 Å². The van der Waals surface area contributed by atoms with Crippen LogP contribution in [0.25, 0.3) is 0 Å². The molecule has 0 radical (unpaired) electrons. The second-order valence-electron chi connectivity index (χ2n) is 7.46. The molecule has 2 heterocycles. The number of piperidine rings is 1. The Morgan fingerprint density at radius 1 is 1.15 bits per heavy atom. The van der Waals surface area contributed by atoms with E-state index in [1.165, 1.54) is 10.4 Å². The number of ether oxygens (including phenoxy) is 1. The first-order valence-electron chi connectivity index (χ1n) is 9.53. The van der Waals surface area contributed by atoms with E-state index in [0.717, 1.165) is 12.8 Å². The van der Waals surface area contributed by atoms with E-state index in [1.54, 1.807) is 23.1 Å². The van der Waals surface area contributed by atoms with Crippen LogP contribution in [-0.4, -0.2) is 75.0 Å². The number of rotatable bonds is 4. The average molecular weight is 396 g/mol. The fourth-order valence-electron chi connectivity index (χ4n) is 3.82. The molecule has 7 nitrogen and oxygen atoms in total. The predicted octanol–water partition coefficient (Wildman–Crippen LogP) is 1.31. The van der Waals surface area contributed by atoms with Crippen molar-refractivity contribution in [1.29, 1.82) is 0 Å². The number of nitrogens with one attached hydrogen (secondary N) is 1. The zero-order valence-electron chi connectivity index (χ0n) is 16.2. The maximum Gasteiger partial charge on any atom is 0.253 e. The van der Waals surface area contributed by atoms with E-state index in [4.69, 9.17) is 4.74 Å². The van der Waals surface area contributed by atoms with Crippen molar-refractivity contribution < 1.29 is 17.9 Å². The van der Waals surface area contributed by atoms with Crippen LogP contribution in [0.1, 0.15) is 37.0 Å². The van der Waals surface area contributed by atoms with Crippen LogP contribution < -0.4 is 5.32 Å². The topological polar surface area (TPSA) is 79.0 Å². The Labute approximate surface area is 161 Å². The highest BCUT2D eigenvalue weighted by Crippen LogP contribution is 2.23. The van der Waals surface area contributed by atoms with Gasteiger partial charge in [0.1, 0.15) is 0 Å². The normalized spacial score (nSPS) is 25.5. The Morgan fingerprint density at radius 3 is 2.37 bits per heavy atom. The number of sulfonamides is 1. The molecule has 0 saturated carbocycles. The maximum absolute atomic E-state index is 13.0. The number of amides is 1. The minimum Gasteiger partial charge on any atom is -0.373 e. The Hall–Kier alpha value is -1.48. The Morgan fingerprint density at radius 2 is 1.78 bits per heavy atom. The van der Waals surface area contributed by atoms with Crippen LogP contribution in [0.15, 0.2) is 29.2 Å². The van der Waals surface area contributed by atoms with Gasteiger partial charge in [0.25, 0.3) is 5.91 Å². The van der Waals surface area contributed by atoms with Crippen LogP contribution in [0.5, 0.6) is 0 Å². The van der Waals surface area contributed by atoms with E-state index in [1.807, 2.05) is 20.9 Å². The number of carbonyl (C=O) groups excluding carboxylic acids is 1. The van der Waals surface area contributed by atoms with Gasteiger partial charge in [0.15, 0.2) is 0 Å². The third-order valence-corrected chi connectivity index (χ3v) is 7.12. The molecule has 150 valence electrons. The van der Waals surface area contributed by atoms with Crippen LogP contribution in [0.4, 0.5) is 0 Å². The van der Waals surface area contributed by atoms with Gasteiger partial charge >= 0.3 is 0 Å². The number of morpholine rings is 1. The highest BCUT2D eigenvalue weighted by Gasteiger charge is 2.33. The number of likely N-dealkylation sites (tertiary alicyclic amines) is 1. The number of nitrogens with zero attached hydrogens (tertiary/aromatic N) is 2. The van der Waals surface area contributed by atoms with Gasteiger partial charge in [0.05, 0.1) is 17.1 Å². The van der Waals surface area contributed by atoms with E-state index < -0.39 is 10.0 Å². The minimum absolute atomic E-state index is 0.106. The number of benzene rings is 1. The van der Waals surface area contributed by atoms with Gasteiger partial charge in [-0.2, -0.15) is 4.31 Å². The molecule has 3 rings (SSSR count). The first kappa shape index (κ1) is 20.3. The van der Waals surface area contributed by atoms with Crippen LogP contribution in [0, 0.1) is 0 Å². The van der Waals surface area contributed by atoms with Crippen molar-refractivity contribution in [1.82, 2.24) is 14.5 Å². The van der Waals surface area contributed by atoms with Crippen molar-refractivity contribution in [2.24, 2.45) is 0 Å². The first-order valence-corrected chi connectivity index (χ1v) is 11.0. The molecule has 1 N–H and O–H groups in total. The fraction of sp³-hybridized carbons (Fsp3) is 0.632. The van der Waals surface area contributed by atoms with Crippen LogP contribution in [-0.2, 0) is 14.8 Å². The molecule has 2 aliphatic rings. The maximum atomic E-state index is 13.0. The molecule has 1 aromatic carbocycles. The lowest BCUT2D eigenvalue weighted by atomic mass is 10.0. The van der Waals surface area contributed by atoms with E-state index >= 15 is 0 Å². The summed E-state index contributed by atoms with van der Waals surface area (Å²) < 4.78 is 33.2. The third kappa shape index (κ3) is 4.51. The van der Waals surface area contributed by atoms with E-state index in [2.05, 4.69) is 5.32 Å². The number of carbonyl (C=O) groups is 1. The van der Waals surface area contributed by atoms with Crippen LogP contribution >= 0.6 is 0 Å². The quantitative estimate of drug-likeness (QED) is 0.832. The number of hydrogen-bond acceptors (Lipinski definition) is 5. The van der Waals surface area contributed by atoms with Gasteiger partial charge in [-0.1, -0.05) is 6.07 Å². The van der Waals surface area contributed by atoms with Crippen molar-refractivity contribution in [3.05, 3.63) is 29.8 Å². The van der Waals surface area contributed by atoms with E-state index in [0.29, 0.717) is 37.8 Å². The largest absolute Gasteiger partial charge is 0.373 e. The van der Waals surface area contributed by atoms with E-state index in [-0.39, 0.29) is 23.0 Å². The third-order valence-electron chi connectivity index (χ3n) is 5.30. The SMILES string of the molecule is CNC1CCN(C(=O)c2cccc(S(=O)(=O)N3CC(C)OC(C)C3)c2)CC1. The highest BCUT2D eigenvalue weighted by atomic mass is 32.2. The minimum atomic E-state index is -3.65. The van der Waals surface area contributed by atoms with Crippen LogP contribution in [0.2, 0.25) is 0 Å². The summed E-state index contributed by atoms with van der Waals surface area (Å²) in [6.45, 7) is 5.74. The molecule has 2 aliphatic heterocycles. The second-order valence-corrected chi connectivity index (χ2v) is 9.40. The van der Waals surface area contributed by atoms with Gasteiger partial charge in [-0.15, -0.1) is 0 Å². The standard InChI is InChI=1S/C19H29N3O4S/c1-14-12-22(13-15(2)26-14)27(24,25)18-6-4-5-16(11-18)19(23)21-9-7-17(20-3)8-10-21/h4-6,11,14-15,17,20H,7-10,12-13H2,1-3H3. The zero-order chi connectivity index (χ0) is 19.6. The molecule has 2 saturated heterocycles. The number of hydrogen-bond donors (Lipinski definition) is 1. The summed E-state index contributed by atoms with van der Waals surface area (Å²) in [6.07, 6.45) is 1.51. The molecule has 1 aromatic rings. The molecular formula is C19H29N3O4S. The summed E-state index contributed by atoms with van der Waals surface area (Å²) in [5, 5.41) is 3.24. The van der Waals surface area contributed by atoms with Gasteiger partial charge in [0.2, 0.25) is 10.0 Å². The van der Waals surface area contributed by atoms with Gasteiger partial charge in [-0.25, -0.2) is 8.42 Å². The fourth-order valence-corrected chi connectivity index (χ4v) is 5.46. The summed E-state index contributed by atoms with van der Waals surface area (Å²) in [7, 11) is -1.72. The molecule has 0 aliphatic carbocycles. The predicted molar refractivity (Wildman–Crippen MR) is 103 cm³/mol. The lowest BCUT2D eigenvalue weighted by Crippen LogP contribution is -2.48. The zero-order valence-corrected chi connectivity index (χ0v) is 17.0. The highest BCUT2D eigenvalue weighted by molar-refractivity contribution is 7.89. The monoisotopic (exact) mass is 395 g/mol. The lowest BCUT2D eigenvalue weighted by Gasteiger charge is -2.34. The summed E-state index contributed by atoms with van der Waals surface area (Å²) in [6, 6.07) is 6.84. The lowest BCUT2D eigenvalue weighted by molar-refractivity contribution is -0.0440. The Kier molecular flexibility index (Phi) is 6.20. The molecule has 0 spiro atoms. The molecular weight excluding hydrogens is 366 g/mol. The Balaban J connectivity index is 1.78. The molecule has 1 amide bonds. The summed E-state index contributed by atoms with van der Waals surface area (Å²) in [5.74, 6) is -0.106. The molecule has 2 fully saturated rings. The smallest absolute Gasteiger partial charge is 0.253 e. The van der Waals surface area contributed by atoms with Crippen molar-refractivity contribution >= 4 is 15.9 Å². The van der Waals surface area contributed by atoms with Gasteiger partial charge < -0.3 is 15.0 Å². The van der Waals surface area contributed by atoms with Gasteiger partial charge in [-0.05, 0) is 51.9 Å². The molecule has 0 aromatic heterocycles. The first-order chi connectivity index (χ1) is 12.8. The molecule has 2 unspecified atom stereocenters. The van der Waals surface area contributed by atoms with Crippen molar-refractivity contribution in [2.45, 2.75) is 49.8 Å². The molecule has 8 heteroatoms. The van der Waals surface area contributed by atoms with Crippen molar-refractivity contribution in [3.63, 3.8) is 0 Å². The average Bonchev–Trinajstić information content (AvgIpc) is 2.67. The molecule has 0 bridgehead atoms. The van der Waals surface area contributed by atoms with Crippen molar-refractivity contribution in [3.8, 4) is 0 Å². The molecule has 27 heavy (non-hydrogen) atoms. The van der Waals surface area contributed by atoms with Crippen molar-refractivity contribution in [2.75, 3.05) is 33.2 Å². The van der Waals surface area contributed by atoms with E-state index in [9.17, 15) is 13.2 Å². The van der Waals surface area contributed by atoms with Crippen LogP contribution in [0.3, 0.4) is 0 Å².